The Morgan fingerprint density at radius 2 is 1.88 bits per heavy atom. The molecule has 1 aliphatic rings. The molecule has 0 aliphatic heterocycles. The molecule has 1 fully saturated rings. The van der Waals surface area contributed by atoms with E-state index in [0.717, 1.165) is 18.4 Å². The molecular formula is C19H17ClF3NO2. The Balaban J connectivity index is 1.61. The number of halogens is 4. The monoisotopic (exact) mass is 383 g/mol. The molecule has 0 aromatic heterocycles. The fraction of sp³-hybridized carbons (Fsp3) is 0.316. The van der Waals surface area contributed by atoms with Crippen LogP contribution < -0.4 is 10.1 Å². The topological polar surface area (TPSA) is 38.3 Å². The maximum Gasteiger partial charge on any atom is 0.422 e. The number of carbonyl (C=O) groups excluding carboxylic acids is 1. The molecule has 1 aliphatic carbocycles. The minimum Gasteiger partial charge on any atom is -0.484 e. The van der Waals surface area contributed by atoms with Crippen LogP contribution in [0.3, 0.4) is 0 Å². The lowest BCUT2D eigenvalue weighted by molar-refractivity contribution is -0.153. The number of rotatable bonds is 6. The molecule has 1 amide bonds. The number of carbonyl (C=O) groups is 1. The fourth-order valence-corrected chi connectivity index (χ4v) is 3.01. The standard InChI is InChI=1S/C19H17ClF3NO2/c20-15-5-2-4-14(10-15)18(7-8-18)17(25)24-11-13-3-1-6-16(9-13)26-12-19(21,22)23/h1-6,9-10H,7-8,11-12H2,(H,24,25). The number of hydrogen-bond acceptors (Lipinski definition) is 2. The van der Waals surface area contributed by atoms with Crippen LogP contribution in [0.25, 0.3) is 0 Å². The minimum absolute atomic E-state index is 0.110. The van der Waals surface area contributed by atoms with Crippen molar-refractivity contribution in [3.05, 3.63) is 64.7 Å². The molecule has 0 spiro atoms. The Hall–Kier alpha value is -2.21. The van der Waals surface area contributed by atoms with Gasteiger partial charge in [0.05, 0.1) is 5.41 Å². The number of benzene rings is 2. The van der Waals surface area contributed by atoms with Crippen molar-refractivity contribution in [2.45, 2.75) is 31.0 Å². The summed E-state index contributed by atoms with van der Waals surface area (Å²) in [4.78, 5) is 12.6. The van der Waals surface area contributed by atoms with Crippen molar-refractivity contribution in [1.29, 1.82) is 0 Å². The van der Waals surface area contributed by atoms with Crippen molar-refractivity contribution in [3.8, 4) is 5.75 Å². The highest BCUT2D eigenvalue weighted by molar-refractivity contribution is 6.30. The zero-order chi connectivity index (χ0) is 18.8. The normalized spacial score (nSPS) is 15.4. The summed E-state index contributed by atoms with van der Waals surface area (Å²) in [5.74, 6) is 0.00595. The molecule has 3 nitrogen and oxygen atoms in total. The van der Waals surface area contributed by atoms with Gasteiger partial charge in [0.25, 0.3) is 0 Å². The summed E-state index contributed by atoms with van der Waals surface area (Å²) in [6, 6.07) is 13.5. The first-order chi connectivity index (χ1) is 12.3. The van der Waals surface area contributed by atoms with E-state index in [1.807, 2.05) is 12.1 Å². The summed E-state index contributed by atoms with van der Waals surface area (Å²) in [7, 11) is 0. The van der Waals surface area contributed by atoms with Crippen molar-refractivity contribution in [1.82, 2.24) is 5.32 Å². The van der Waals surface area contributed by atoms with Gasteiger partial charge in [-0.05, 0) is 48.2 Å². The van der Waals surface area contributed by atoms with Crippen molar-refractivity contribution >= 4 is 17.5 Å². The molecule has 0 atom stereocenters. The minimum atomic E-state index is -4.39. The van der Waals surface area contributed by atoms with Gasteiger partial charge >= 0.3 is 6.18 Å². The van der Waals surface area contributed by atoms with Crippen LogP contribution in [-0.4, -0.2) is 18.7 Å². The number of amides is 1. The first-order valence-electron chi connectivity index (χ1n) is 8.11. The van der Waals surface area contributed by atoms with E-state index in [0.29, 0.717) is 10.6 Å². The SMILES string of the molecule is O=C(NCc1cccc(OCC(F)(F)F)c1)C1(c2cccc(Cl)c2)CC1. The number of alkyl halides is 3. The van der Waals surface area contributed by atoms with Gasteiger partial charge in [0.15, 0.2) is 6.61 Å². The van der Waals surface area contributed by atoms with E-state index < -0.39 is 18.2 Å². The Bertz CT molecular complexity index is 803. The van der Waals surface area contributed by atoms with E-state index in [2.05, 4.69) is 5.32 Å². The highest BCUT2D eigenvalue weighted by Gasteiger charge is 2.51. The van der Waals surface area contributed by atoms with Crippen LogP contribution in [0.1, 0.15) is 24.0 Å². The van der Waals surface area contributed by atoms with Crippen LogP contribution in [0, 0.1) is 0 Å². The van der Waals surface area contributed by atoms with Crippen LogP contribution >= 0.6 is 11.6 Å². The molecule has 0 heterocycles. The Kier molecular flexibility index (Phi) is 5.14. The van der Waals surface area contributed by atoms with Gasteiger partial charge in [-0.1, -0.05) is 35.9 Å². The van der Waals surface area contributed by atoms with Crippen molar-refractivity contribution in [2.75, 3.05) is 6.61 Å². The fourth-order valence-electron chi connectivity index (χ4n) is 2.82. The smallest absolute Gasteiger partial charge is 0.422 e. The molecule has 2 aromatic rings. The molecule has 138 valence electrons. The highest BCUT2D eigenvalue weighted by atomic mass is 35.5. The van der Waals surface area contributed by atoms with Crippen LogP contribution in [0.4, 0.5) is 13.2 Å². The molecule has 0 unspecified atom stereocenters. The third-order valence-corrected chi connectivity index (χ3v) is 4.55. The first kappa shape index (κ1) is 18.6. The number of ether oxygens (including phenoxy) is 1. The molecule has 26 heavy (non-hydrogen) atoms. The van der Waals surface area contributed by atoms with Gasteiger partial charge in [-0.3, -0.25) is 4.79 Å². The van der Waals surface area contributed by atoms with E-state index in [9.17, 15) is 18.0 Å². The molecule has 1 saturated carbocycles. The lowest BCUT2D eigenvalue weighted by atomic mass is 9.95. The van der Waals surface area contributed by atoms with Gasteiger partial charge in [-0.15, -0.1) is 0 Å². The van der Waals surface area contributed by atoms with E-state index in [4.69, 9.17) is 16.3 Å². The predicted octanol–water partition coefficient (Wildman–Crippen LogP) is 4.63. The summed E-state index contributed by atoms with van der Waals surface area (Å²) in [6.07, 6.45) is -2.90. The number of nitrogens with one attached hydrogen (secondary N) is 1. The summed E-state index contributed by atoms with van der Waals surface area (Å²) in [6.45, 7) is -1.13. The quantitative estimate of drug-likeness (QED) is 0.789. The molecule has 0 bridgehead atoms. The third kappa shape index (κ3) is 4.49. The van der Waals surface area contributed by atoms with Gasteiger partial charge in [0, 0.05) is 11.6 Å². The molecule has 0 saturated heterocycles. The molecule has 3 rings (SSSR count). The third-order valence-electron chi connectivity index (χ3n) is 4.32. The van der Waals surface area contributed by atoms with Gasteiger partial charge in [0.2, 0.25) is 5.91 Å². The van der Waals surface area contributed by atoms with Gasteiger partial charge < -0.3 is 10.1 Å². The molecular weight excluding hydrogens is 367 g/mol. The zero-order valence-corrected chi connectivity index (χ0v) is 14.5. The average Bonchev–Trinajstić information content (AvgIpc) is 3.40. The largest absolute Gasteiger partial charge is 0.484 e. The Morgan fingerprint density at radius 1 is 1.15 bits per heavy atom. The maximum atomic E-state index is 12.6. The van der Waals surface area contributed by atoms with Crippen LogP contribution in [-0.2, 0) is 16.8 Å². The second kappa shape index (κ2) is 7.19. The second-order valence-corrected chi connectivity index (χ2v) is 6.76. The summed E-state index contributed by atoms with van der Waals surface area (Å²) in [5, 5.41) is 3.44. The van der Waals surface area contributed by atoms with E-state index in [1.54, 1.807) is 24.3 Å². The Morgan fingerprint density at radius 3 is 2.54 bits per heavy atom. The van der Waals surface area contributed by atoms with Gasteiger partial charge in [-0.25, -0.2) is 0 Å². The maximum absolute atomic E-state index is 12.6. The van der Waals surface area contributed by atoms with Gasteiger partial charge in [-0.2, -0.15) is 13.2 Å². The van der Waals surface area contributed by atoms with E-state index in [-0.39, 0.29) is 18.2 Å². The van der Waals surface area contributed by atoms with Crippen molar-refractivity contribution in [3.63, 3.8) is 0 Å². The van der Waals surface area contributed by atoms with Crippen LogP contribution in [0.5, 0.6) is 5.75 Å². The van der Waals surface area contributed by atoms with Crippen LogP contribution in [0.2, 0.25) is 5.02 Å². The van der Waals surface area contributed by atoms with Crippen molar-refractivity contribution in [2.24, 2.45) is 0 Å². The summed E-state index contributed by atoms with van der Waals surface area (Å²) in [5.41, 5.74) is 0.986. The lowest BCUT2D eigenvalue weighted by Gasteiger charge is -2.16. The predicted molar refractivity (Wildman–Crippen MR) is 92.2 cm³/mol. The van der Waals surface area contributed by atoms with Crippen LogP contribution in [0.15, 0.2) is 48.5 Å². The molecule has 1 N–H and O–H groups in total. The zero-order valence-electron chi connectivity index (χ0n) is 13.8. The van der Waals surface area contributed by atoms with E-state index in [1.165, 1.54) is 12.1 Å². The van der Waals surface area contributed by atoms with Crippen molar-refractivity contribution < 1.29 is 22.7 Å². The van der Waals surface area contributed by atoms with Gasteiger partial charge in [0.1, 0.15) is 5.75 Å². The molecule has 0 radical (unpaired) electrons. The summed E-state index contributed by atoms with van der Waals surface area (Å²) >= 11 is 6.01. The van der Waals surface area contributed by atoms with E-state index >= 15 is 0 Å². The first-order valence-corrected chi connectivity index (χ1v) is 8.49. The molecule has 7 heteroatoms. The highest BCUT2D eigenvalue weighted by Crippen LogP contribution is 2.48. The Labute approximate surface area is 154 Å². The second-order valence-electron chi connectivity index (χ2n) is 6.33. The molecule has 2 aromatic carbocycles. The average molecular weight is 384 g/mol. The number of hydrogen-bond donors (Lipinski definition) is 1. The summed E-state index contributed by atoms with van der Waals surface area (Å²) < 4.78 is 41.4. The lowest BCUT2D eigenvalue weighted by Crippen LogP contribution is -2.34.